The zero-order valence-electron chi connectivity index (χ0n) is 13.7. The Balaban J connectivity index is 2.71. The zero-order valence-corrected chi connectivity index (χ0v) is 14.5. The van der Waals surface area contributed by atoms with E-state index in [9.17, 15) is 23.2 Å². The van der Waals surface area contributed by atoms with Crippen molar-refractivity contribution in [1.29, 1.82) is 0 Å². The minimum absolute atomic E-state index is 0.249. The minimum atomic E-state index is -1.34. The van der Waals surface area contributed by atoms with Gasteiger partial charge < -0.3 is 21.1 Å². The number of hydrogen-bond acceptors (Lipinski definition) is 5. The standard InChI is InChI=1S/C15H19F2N3O4S/c1-8(13(21)20-12-9(16)4-3-5-10(12)17)24-14(22)11(6-7-25-2)19-15(18)23/h3-5,8,11H,6-7H2,1-2H3,(H,20,21)(H3,18,19,23)/t8-,11+/m0/s1. The Labute approximate surface area is 147 Å². The summed E-state index contributed by atoms with van der Waals surface area (Å²) in [6, 6.07) is 1.17. The first-order valence-electron chi connectivity index (χ1n) is 7.26. The number of carbonyl (C=O) groups is 3. The first-order valence-corrected chi connectivity index (χ1v) is 8.66. The summed E-state index contributed by atoms with van der Waals surface area (Å²) in [7, 11) is 0. The lowest BCUT2D eigenvalue weighted by Gasteiger charge is -2.19. The highest BCUT2D eigenvalue weighted by molar-refractivity contribution is 7.98. The second-order valence-electron chi connectivity index (χ2n) is 5.01. The molecule has 7 nitrogen and oxygen atoms in total. The van der Waals surface area contributed by atoms with Crippen LogP contribution in [0.3, 0.4) is 0 Å². The van der Waals surface area contributed by atoms with Crippen LogP contribution in [0.25, 0.3) is 0 Å². The van der Waals surface area contributed by atoms with Gasteiger partial charge in [-0.15, -0.1) is 0 Å². The largest absolute Gasteiger partial charge is 0.451 e. The third-order valence-electron chi connectivity index (χ3n) is 3.08. The van der Waals surface area contributed by atoms with Gasteiger partial charge in [-0.2, -0.15) is 11.8 Å². The second-order valence-corrected chi connectivity index (χ2v) is 5.99. The molecule has 138 valence electrons. The highest BCUT2D eigenvalue weighted by atomic mass is 32.2. The molecule has 0 aliphatic heterocycles. The van der Waals surface area contributed by atoms with Crippen LogP contribution in [0.15, 0.2) is 18.2 Å². The molecular weight excluding hydrogens is 356 g/mol. The second kappa shape index (κ2) is 9.82. The number of halogens is 2. The number of amides is 3. The van der Waals surface area contributed by atoms with E-state index in [-0.39, 0.29) is 6.42 Å². The lowest BCUT2D eigenvalue weighted by Crippen LogP contribution is -2.46. The molecule has 25 heavy (non-hydrogen) atoms. The Morgan fingerprint density at radius 3 is 2.40 bits per heavy atom. The van der Waals surface area contributed by atoms with E-state index in [4.69, 9.17) is 10.5 Å². The monoisotopic (exact) mass is 375 g/mol. The van der Waals surface area contributed by atoms with Crippen molar-refractivity contribution in [1.82, 2.24) is 5.32 Å². The molecule has 0 fully saturated rings. The predicted molar refractivity (Wildman–Crippen MR) is 90.0 cm³/mol. The van der Waals surface area contributed by atoms with Crippen molar-refractivity contribution in [3.05, 3.63) is 29.8 Å². The molecule has 0 saturated heterocycles. The lowest BCUT2D eigenvalue weighted by atomic mass is 10.2. The van der Waals surface area contributed by atoms with Crippen LogP contribution in [0.5, 0.6) is 0 Å². The summed E-state index contributed by atoms with van der Waals surface area (Å²) < 4.78 is 32.0. The number of benzene rings is 1. The minimum Gasteiger partial charge on any atom is -0.451 e. The summed E-state index contributed by atoms with van der Waals surface area (Å²) in [6.45, 7) is 1.24. The van der Waals surface area contributed by atoms with Crippen molar-refractivity contribution < 1.29 is 27.9 Å². The van der Waals surface area contributed by atoms with Crippen molar-refractivity contribution in [2.45, 2.75) is 25.5 Å². The van der Waals surface area contributed by atoms with Crippen LogP contribution in [-0.4, -0.2) is 42.1 Å². The molecular formula is C15H19F2N3O4S. The third kappa shape index (κ3) is 6.57. The van der Waals surface area contributed by atoms with Gasteiger partial charge in [0.2, 0.25) is 0 Å². The van der Waals surface area contributed by atoms with Crippen LogP contribution in [0, 0.1) is 11.6 Å². The molecule has 1 rings (SSSR count). The number of nitrogens with two attached hydrogens (primary N) is 1. The van der Waals surface area contributed by atoms with E-state index in [1.165, 1.54) is 18.7 Å². The number of ether oxygens (including phenoxy) is 1. The van der Waals surface area contributed by atoms with E-state index >= 15 is 0 Å². The summed E-state index contributed by atoms with van der Waals surface area (Å²) >= 11 is 1.44. The number of para-hydroxylation sites is 1. The van der Waals surface area contributed by atoms with Crippen molar-refractivity contribution >= 4 is 35.4 Å². The van der Waals surface area contributed by atoms with Crippen LogP contribution in [0.2, 0.25) is 0 Å². The predicted octanol–water partition coefficient (Wildman–Crippen LogP) is 1.62. The van der Waals surface area contributed by atoms with E-state index in [2.05, 4.69) is 5.32 Å². The SMILES string of the molecule is CSCC[C@@H](NC(N)=O)C(=O)O[C@@H](C)C(=O)Nc1c(F)cccc1F. The van der Waals surface area contributed by atoms with E-state index in [1.54, 1.807) is 0 Å². The number of thioether (sulfide) groups is 1. The molecule has 0 saturated carbocycles. The molecule has 3 amide bonds. The molecule has 0 spiro atoms. The van der Waals surface area contributed by atoms with Gasteiger partial charge in [0.15, 0.2) is 6.10 Å². The van der Waals surface area contributed by atoms with Gasteiger partial charge in [0.05, 0.1) is 0 Å². The quantitative estimate of drug-likeness (QED) is 0.598. The molecule has 10 heteroatoms. The Kier molecular flexibility index (Phi) is 8.12. The fourth-order valence-corrected chi connectivity index (χ4v) is 2.28. The number of rotatable bonds is 8. The molecule has 0 aliphatic rings. The fraction of sp³-hybridized carbons (Fsp3) is 0.400. The van der Waals surface area contributed by atoms with Gasteiger partial charge >= 0.3 is 12.0 Å². The van der Waals surface area contributed by atoms with E-state index in [1.807, 2.05) is 11.6 Å². The summed E-state index contributed by atoms with van der Waals surface area (Å²) in [6.07, 6.45) is 0.725. The lowest BCUT2D eigenvalue weighted by molar-refractivity contribution is -0.155. The van der Waals surface area contributed by atoms with Crippen LogP contribution in [-0.2, 0) is 14.3 Å². The Bertz CT molecular complexity index is 625. The van der Waals surface area contributed by atoms with Gasteiger partial charge in [0.25, 0.3) is 5.91 Å². The molecule has 0 bridgehead atoms. The number of primary amides is 1. The molecule has 0 aliphatic carbocycles. The molecule has 0 unspecified atom stereocenters. The Morgan fingerprint density at radius 1 is 1.28 bits per heavy atom. The molecule has 1 aromatic rings. The van der Waals surface area contributed by atoms with Crippen LogP contribution >= 0.6 is 11.8 Å². The van der Waals surface area contributed by atoms with E-state index in [0.29, 0.717) is 5.75 Å². The van der Waals surface area contributed by atoms with Crippen molar-refractivity contribution in [3.63, 3.8) is 0 Å². The number of urea groups is 1. The van der Waals surface area contributed by atoms with Crippen LogP contribution in [0.1, 0.15) is 13.3 Å². The van der Waals surface area contributed by atoms with Gasteiger partial charge in [-0.05, 0) is 37.5 Å². The normalized spacial score (nSPS) is 12.8. The summed E-state index contributed by atoms with van der Waals surface area (Å²) in [5.74, 6) is -3.16. The molecule has 0 aromatic heterocycles. The topological polar surface area (TPSA) is 111 Å². The third-order valence-corrected chi connectivity index (χ3v) is 3.73. The van der Waals surface area contributed by atoms with Crippen molar-refractivity contribution in [3.8, 4) is 0 Å². The fourth-order valence-electron chi connectivity index (χ4n) is 1.81. The highest BCUT2D eigenvalue weighted by Gasteiger charge is 2.26. The average molecular weight is 375 g/mol. The van der Waals surface area contributed by atoms with E-state index < -0.39 is 47.4 Å². The zero-order chi connectivity index (χ0) is 19.0. The number of nitrogens with one attached hydrogen (secondary N) is 2. The van der Waals surface area contributed by atoms with Crippen molar-refractivity contribution in [2.24, 2.45) is 5.73 Å². The smallest absolute Gasteiger partial charge is 0.329 e. The molecule has 2 atom stereocenters. The number of hydrogen-bond donors (Lipinski definition) is 3. The van der Waals surface area contributed by atoms with Gasteiger partial charge in [0, 0.05) is 0 Å². The Hall–Kier alpha value is -2.36. The number of carbonyl (C=O) groups excluding carboxylic acids is 3. The van der Waals surface area contributed by atoms with E-state index in [0.717, 1.165) is 18.2 Å². The summed E-state index contributed by atoms with van der Waals surface area (Å²) in [5.41, 5.74) is 4.37. The van der Waals surface area contributed by atoms with Crippen molar-refractivity contribution in [2.75, 3.05) is 17.3 Å². The maximum absolute atomic E-state index is 13.5. The van der Waals surface area contributed by atoms with Gasteiger partial charge in [0.1, 0.15) is 23.4 Å². The maximum atomic E-state index is 13.5. The first-order chi connectivity index (χ1) is 11.8. The number of anilines is 1. The van der Waals surface area contributed by atoms with Crippen LogP contribution < -0.4 is 16.4 Å². The molecule has 0 radical (unpaired) electrons. The van der Waals surface area contributed by atoms with Crippen LogP contribution in [0.4, 0.5) is 19.3 Å². The Morgan fingerprint density at radius 2 is 1.88 bits per heavy atom. The van der Waals surface area contributed by atoms with Gasteiger partial charge in [-0.25, -0.2) is 18.4 Å². The highest BCUT2D eigenvalue weighted by Crippen LogP contribution is 2.18. The first kappa shape index (κ1) is 20.7. The molecule has 0 heterocycles. The average Bonchev–Trinajstić information content (AvgIpc) is 2.54. The number of esters is 1. The molecule has 1 aromatic carbocycles. The van der Waals surface area contributed by atoms with Gasteiger partial charge in [-0.3, -0.25) is 4.79 Å². The summed E-state index contributed by atoms with van der Waals surface area (Å²) in [4.78, 5) is 35.0. The molecule has 4 N–H and O–H groups in total. The van der Waals surface area contributed by atoms with Gasteiger partial charge in [-0.1, -0.05) is 6.07 Å². The maximum Gasteiger partial charge on any atom is 0.329 e. The summed E-state index contributed by atoms with van der Waals surface area (Å²) in [5, 5.41) is 4.25.